The molecule has 0 bridgehead atoms. The molecule has 1 aromatic carbocycles. The van der Waals surface area contributed by atoms with Gasteiger partial charge in [0.1, 0.15) is 0 Å². The summed E-state index contributed by atoms with van der Waals surface area (Å²) in [5, 5.41) is 7.74. The van der Waals surface area contributed by atoms with Crippen molar-refractivity contribution >= 4 is 35.1 Å². The molecule has 0 fully saturated rings. The van der Waals surface area contributed by atoms with E-state index in [-0.39, 0.29) is 24.6 Å². The van der Waals surface area contributed by atoms with E-state index in [1.807, 2.05) is 0 Å². The van der Waals surface area contributed by atoms with E-state index in [4.69, 9.17) is 9.15 Å². The summed E-state index contributed by atoms with van der Waals surface area (Å²) in [6, 6.07) is 9.58. The van der Waals surface area contributed by atoms with Crippen molar-refractivity contribution < 1.29 is 28.3 Å². The van der Waals surface area contributed by atoms with Crippen LogP contribution >= 0.6 is 0 Å². The molecule has 9 nitrogen and oxygen atoms in total. The smallest absolute Gasteiger partial charge is 0.308 e. The maximum Gasteiger partial charge on any atom is 0.308 e. The molecule has 0 aliphatic rings. The van der Waals surface area contributed by atoms with Gasteiger partial charge in [0, 0.05) is 24.8 Å². The molecular formula is C19H21N3O6. The number of nitrogens with one attached hydrogen (secondary N) is 3. The van der Waals surface area contributed by atoms with Crippen molar-refractivity contribution in [1.82, 2.24) is 5.32 Å². The average Bonchev–Trinajstić information content (AvgIpc) is 3.17. The molecule has 2 aromatic rings. The predicted octanol–water partition coefficient (Wildman–Crippen LogP) is 1.93. The molecule has 2 rings (SSSR count). The summed E-state index contributed by atoms with van der Waals surface area (Å²) in [6.07, 6.45) is 0.273. The first-order chi connectivity index (χ1) is 13.3. The van der Waals surface area contributed by atoms with Gasteiger partial charge in [-0.15, -0.1) is 0 Å². The molecule has 1 atom stereocenters. The van der Waals surface area contributed by atoms with Crippen molar-refractivity contribution in [1.29, 1.82) is 0 Å². The molecule has 0 saturated carbocycles. The van der Waals surface area contributed by atoms with E-state index in [0.29, 0.717) is 11.4 Å². The molecule has 0 aliphatic carbocycles. The molecule has 1 heterocycles. The fraction of sp³-hybridized carbons (Fsp3) is 0.263. The van der Waals surface area contributed by atoms with Gasteiger partial charge in [0.15, 0.2) is 11.9 Å². The van der Waals surface area contributed by atoms with Crippen LogP contribution in [0.4, 0.5) is 11.4 Å². The van der Waals surface area contributed by atoms with Crippen molar-refractivity contribution in [3.8, 4) is 0 Å². The van der Waals surface area contributed by atoms with Crippen molar-refractivity contribution in [2.24, 2.45) is 0 Å². The second-order valence-corrected chi connectivity index (χ2v) is 5.86. The highest BCUT2D eigenvalue weighted by molar-refractivity contribution is 5.95. The highest BCUT2D eigenvalue weighted by atomic mass is 16.5. The fourth-order valence-corrected chi connectivity index (χ4v) is 2.17. The number of carbonyl (C=O) groups excluding carboxylic acids is 4. The van der Waals surface area contributed by atoms with Crippen LogP contribution in [0, 0.1) is 0 Å². The number of ether oxygens (including phenoxy) is 1. The third-order valence-corrected chi connectivity index (χ3v) is 3.51. The minimum absolute atomic E-state index is 0.0529. The minimum atomic E-state index is -1.01. The van der Waals surface area contributed by atoms with Crippen LogP contribution in [0.3, 0.4) is 0 Å². The zero-order valence-corrected chi connectivity index (χ0v) is 15.5. The van der Waals surface area contributed by atoms with E-state index < -0.39 is 23.9 Å². The normalized spacial score (nSPS) is 11.2. The summed E-state index contributed by atoms with van der Waals surface area (Å²) < 4.78 is 9.98. The van der Waals surface area contributed by atoms with Gasteiger partial charge in [0.25, 0.3) is 11.8 Å². The summed E-state index contributed by atoms with van der Waals surface area (Å²) in [6.45, 7) is 2.89. The maximum absolute atomic E-state index is 12.1. The first-order valence-electron chi connectivity index (χ1n) is 8.55. The van der Waals surface area contributed by atoms with Crippen molar-refractivity contribution in [3.63, 3.8) is 0 Å². The SMILES string of the molecule is CC(=O)Nc1ccc(NC(=O)[C@H](C)OC(=O)CCNC(=O)c2ccco2)cc1. The van der Waals surface area contributed by atoms with Crippen LogP contribution < -0.4 is 16.0 Å². The van der Waals surface area contributed by atoms with E-state index in [2.05, 4.69) is 16.0 Å². The summed E-state index contributed by atoms with van der Waals surface area (Å²) in [5.74, 6) is -1.61. The lowest BCUT2D eigenvalue weighted by Gasteiger charge is -2.14. The Balaban J connectivity index is 1.72. The lowest BCUT2D eigenvalue weighted by Crippen LogP contribution is -2.32. The second-order valence-electron chi connectivity index (χ2n) is 5.86. The van der Waals surface area contributed by atoms with Gasteiger partial charge in [-0.1, -0.05) is 0 Å². The zero-order valence-electron chi connectivity index (χ0n) is 15.5. The fourth-order valence-electron chi connectivity index (χ4n) is 2.17. The van der Waals surface area contributed by atoms with Gasteiger partial charge in [0.2, 0.25) is 5.91 Å². The van der Waals surface area contributed by atoms with Crippen LogP contribution in [0.1, 0.15) is 30.8 Å². The average molecular weight is 387 g/mol. The first-order valence-corrected chi connectivity index (χ1v) is 8.55. The Kier molecular flexibility index (Phi) is 7.32. The van der Waals surface area contributed by atoms with Crippen molar-refractivity contribution in [3.05, 3.63) is 48.4 Å². The minimum Gasteiger partial charge on any atom is -0.459 e. The maximum atomic E-state index is 12.1. The lowest BCUT2D eigenvalue weighted by molar-refractivity contribution is -0.153. The molecule has 3 N–H and O–H groups in total. The Bertz CT molecular complexity index is 830. The Morgan fingerprint density at radius 1 is 1.04 bits per heavy atom. The molecule has 0 saturated heterocycles. The van der Waals surface area contributed by atoms with E-state index in [1.165, 1.54) is 26.2 Å². The molecule has 0 spiro atoms. The number of furan rings is 1. The molecule has 9 heteroatoms. The van der Waals surface area contributed by atoms with Crippen LogP contribution in [0.5, 0.6) is 0 Å². The van der Waals surface area contributed by atoms with Gasteiger partial charge in [-0.3, -0.25) is 19.2 Å². The van der Waals surface area contributed by atoms with Gasteiger partial charge in [0.05, 0.1) is 12.7 Å². The number of hydrogen-bond acceptors (Lipinski definition) is 6. The number of amides is 3. The van der Waals surface area contributed by atoms with Gasteiger partial charge in [-0.2, -0.15) is 0 Å². The Morgan fingerprint density at radius 3 is 2.25 bits per heavy atom. The van der Waals surface area contributed by atoms with E-state index in [1.54, 1.807) is 30.3 Å². The number of hydrogen-bond donors (Lipinski definition) is 3. The molecule has 148 valence electrons. The Hall–Kier alpha value is -3.62. The summed E-state index contributed by atoms with van der Waals surface area (Å²) in [5.41, 5.74) is 1.09. The molecular weight excluding hydrogens is 366 g/mol. The van der Waals surface area contributed by atoms with Gasteiger partial charge in [-0.25, -0.2) is 0 Å². The highest BCUT2D eigenvalue weighted by Crippen LogP contribution is 2.14. The zero-order chi connectivity index (χ0) is 20.5. The standard InChI is InChI=1S/C19H21N3O6/c1-12(18(25)22-15-7-5-14(6-8-15)21-13(2)23)28-17(24)9-10-20-19(26)16-4-3-11-27-16/h3-8,11-12H,9-10H2,1-2H3,(H,20,26)(H,21,23)(H,22,25)/t12-/m0/s1. The summed E-state index contributed by atoms with van der Waals surface area (Å²) in [4.78, 5) is 46.6. The topological polar surface area (TPSA) is 127 Å². The summed E-state index contributed by atoms with van der Waals surface area (Å²) >= 11 is 0. The van der Waals surface area contributed by atoms with Gasteiger partial charge < -0.3 is 25.1 Å². The largest absolute Gasteiger partial charge is 0.459 e. The Morgan fingerprint density at radius 2 is 1.68 bits per heavy atom. The third kappa shape index (κ3) is 6.60. The van der Waals surface area contributed by atoms with Crippen LogP contribution in [-0.4, -0.2) is 36.3 Å². The molecule has 0 radical (unpaired) electrons. The lowest BCUT2D eigenvalue weighted by atomic mass is 10.2. The second kappa shape index (κ2) is 9.91. The number of carbonyl (C=O) groups is 4. The first kappa shape index (κ1) is 20.7. The quantitative estimate of drug-likeness (QED) is 0.594. The van der Waals surface area contributed by atoms with Crippen molar-refractivity contribution in [2.45, 2.75) is 26.4 Å². The Labute approximate surface area is 161 Å². The van der Waals surface area contributed by atoms with E-state index in [9.17, 15) is 19.2 Å². The highest BCUT2D eigenvalue weighted by Gasteiger charge is 2.18. The van der Waals surface area contributed by atoms with Gasteiger partial charge in [-0.05, 0) is 43.3 Å². The predicted molar refractivity (Wildman–Crippen MR) is 101 cm³/mol. The van der Waals surface area contributed by atoms with E-state index in [0.717, 1.165) is 0 Å². The monoisotopic (exact) mass is 387 g/mol. The number of benzene rings is 1. The van der Waals surface area contributed by atoms with E-state index >= 15 is 0 Å². The molecule has 0 unspecified atom stereocenters. The van der Waals surface area contributed by atoms with Gasteiger partial charge >= 0.3 is 5.97 Å². The summed E-state index contributed by atoms with van der Waals surface area (Å²) in [7, 11) is 0. The van der Waals surface area contributed by atoms with Crippen LogP contribution in [0.25, 0.3) is 0 Å². The van der Waals surface area contributed by atoms with Crippen LogP contribution in [-0.2, 0) is 19.1 Å². The number of anilines is 2. The van der Waals surface area contributed by atoms with Crippen LogP contribution in [0.2, 0.25) is 0 Å². The molecule has 0 aliphatic heterocycles. The van der Waals surface area contributed by atoms with Crippen molar-refractivity contribution in [2.75, 3.05) is 17.2 Å². The number of rotatable bonds is 8. The molecule has 28 heavy (non-hydrogen) atoms. The number of esters is 1. The molecule has 1 aromatic heterocycles. The van der Waals surface area contributed by atoms with Crippen LogP contribution in [0.15, 0.2) is 47.1 Å². The third-order valence-electron chi connectivity index (χ3n) is 3.51. The molecule has 3 amide bonds.